The van der Waals surface area contributed by atoms with E-state index in [0.717, 1.165) is 12.7 Å². The number of ether oxygens (including phenoxy) is 2. The highest BCUT2D eigenvalue weighted by Crippen LogP contribution is 2.24. The molecule has 1 atom stereocenters. The Bertz CT molecular complexity index is 775. The van der Waals surface area contributed by atoms with Gasteiger partial charge in [0.05, 0.1) is 19.2 Å². The Morgan fingerprint density at radius 1 is 1.28 bits per heavy atom. The van der Waals surface area contributed by atoms with Gasteiger partial charge in [-0.2, -0.15) is 0 Å². The number of carbonyl (C=O) groups excluding carboxylic acids is 3. The molecule has 0 bridgehead atoms. The van der Waals surface area contributed by atoms with Gasteiger partial charge in [-0.05, 0) is 31.2 Å². The molecule has 1 aromatic carbocycles. The van der Waals surface area contributed by atoms with Crippen LogP contribution in [-0.4, -0.2) is 36.2 Å². The average Bonchev–Trinajstić information content (AvgIpc) is 3.03. The molecule has 1 N–H and O–H groups in total. The molecule has 0 radical (unpaired) electrons. The van der Waals surface area contributed by atoms with E-state index in [0.29, 0.717) is 10.7 Å². The Hall–Kier alpha value is -2.81. The second kappa shape index (κ2) is 8.34. The first-order chi connectivity index (χ1) is 11.9. The molecule has 1 aromatic heterocycles. The van der Waals surface area contributed by atoms with Crippen LogP contribution in [0.1, 0.15) is 12.6 Å². The lowest BCUT2D eigenvalue weighted by atomic mass is 10.2. The molecule has 0 saturated carbocycles. The highest BCUT2D eigenvalue weighted by atomic mass is 32.1. The number of halogens is 1. The number of amides is 2. The summed E-state index contributed by atoms with van der Waals surface area (Å²) in [5.41, 5.74) is 1.20. The van der Waals surface area contributed by atoms with Crippen LogP contribution in [0, 0.1) is 5.82 Å². The smallest absolute Gasteiger partial charge is 0.413 e. The first kappa shape index (κ1) is 18.5. The third kappa shape index (κ3) is 5.35. The van der Waals surface area contributed by atoms with Gasteiger partial charge in [0, 0.05) is 10.9 Å². The molecule has 0 aliphatic heterocycles. The number of esters is 1. The number of nitrogens with one attached hydrogen (secondary N) is 1. The molecule has 2 amide bonds. The van der Waals surface area contributed by atoms with Crippen molar-refractivity contribution in [3.8, 4) is 10.6 Å². The number of methoxy groups -OCH3 is 1. The Balaban J connectivity index is 1.91. The molecule has 0 spiro atoms. The zero-order valence-electron chi connectivity index (χ0n) is 13.4. The van der Waals surface area contributed by atoms with E-state index in [-0.39, 0.29) is 12.2 Å². The monoisotopic (exact) mass is 366 g/mol. The van der Waals surface area contributed by atoms with Gasteiger partial charge in [0.2, 0.25) is 0 Å². The van der Waals surface area contributed by atoms with Crippen molar-refractivity contribution < 1.29 is 28.2 Å². The van der Waals surface area contributed by atoms with E-state index < -0.39 is 24.1 Å². The first-order valence-electron chi connectivity index (χ1n) is 7.17. The summed E-state index contributed by atoms with van der Waals surface area (Å²) in [6, 6.07) is 5.84. The summed E-state index contributed by atoms with van der Waals surface area (Å²) < 4.78 is 22.2. The second-order valence-electron chi connectivity index (χ2n) is 4.94. The van der Waals surface area contributed by atoms with Crippen molar-refractivity contribution in [3.05, 3.63) is 41.2 Å². The van der Waals surface area contributed by atoms with Gasteiger partial charge in [-0.25, -0.2) is 14.2 Å². The van der Waals surface area contributed by atoms with Crippen molar-refractivity contribution in [1.29, 1.82) is 0 Å². The van der Waals surface area contributed by atoms with E-state index in [9.17, 15) is 18.8 Å². The van der Waals surface area contributed by atoms with Crippen LogP contribution in [0.25, 0.3) is 10.6 Å². The SMILES string of the molecule is COC(=O)NC(=O)[C@H](C)OC(=O)Cc1csc(-c2ccc(F)cc2)n1. The summed E-state index contributed by atoms with van der Waals surface area (Å²) in [6.07, 6.45) is -2.22. The Kier molecular flexibility index (Phi) is 6.18. The maximum absolute atomic E-state index is 12.9. The molecule has 2 aromatic rings. The Labute approximate surface area is 146 Å². The number of nitrogens with zero attached hydrogens (tertiary/aromatic N) is 1. The van der Waals surface area contributed by atoms with Crippen molar-refractivity contribution in [2.75, 3.05) is 7.11 Å². The van der Waals surface area contributed by atoms with Crippen LogP contribution in [-0.2, 0) is 25.5 Å². The first-order valence-corrected chi connectivity index (χ1v) is 8.05. The minimum Gasteiger partial charge on any atom is -0.453 e. The summed E-state index contributed by atoms with van der Waals surface area (Å²) in [5, 5.41) is 4.23. The standard InChI is InChI=1S/C16H15FN2O5S/c1-9(14(21)19-16(22)23-2)24-13(20)7-12-8-25-15(18-12)10-3-5-11(17)6-4-10/h3-6,8-9H,7H2,1-2H3,(H,19,21,22)/t9-/m0/s1. The lowest BCUT2D eigenvalue weighted by Crippen LogP contribution is -2.39. The van der Waals surface area contributed by atoms with Gasteiger partial charge >= 0.3 is 12.1 Å². The number of hydrogen-bond acceptors (Lipinski definition) is 7. The van der Waals surface area contributed by atoms with E-state index in [1.54, 1.807) is 17.5 Å². The van der Waals surface area contributed by atoms with E-state index in [4.69, 9.17) is 4.74 Å². The Morgan fingerprint density at radius 2 is 1.96 bits per heavy atom. The van der Waals surface area contributed by atoms with Crippen LogP contribution in [0.5, 0.6) is 0 Å². The molecule has 0 unspecified atom stereocenters. The van der Waals surface area contributed by atoms with Gasteiger partial charge in [-0.3, -0.25) is 14.9 Å². The zero-order valence-corrected chi connectivity index (χ0v) is 14.3. The summed E-state index contributed by atoms with van der Waals surface area (Å²) in [7, 11) is 1.11. The van der Waals surface area contributed by atoms with Gasteiger partial charge in [-0.15, -0.1) is 11.3 Å². The van der Waals surface area contributed by atoms with E-state index >= 15 is 0 Å². The van der Waals surface area contributed by atoms with Crippen molar-refractivity contribution in [2.45, 2.75) is 19.4 Å². The summed E-state index contributed by atoms with van der Waals surface area (Å²) >= 11 is 1.31. The van der Waals surface area contributed by atoms with Crippen LogP contribution in [0.15, 0.2) is 29.6 Å². The van der Waals surface area contributed by atoms with E-state index in [2.05, 4.69) is 9.72 Å². The molecule has 7 nitrogen and oxygen atoms in total. The number of benzene rings is 1. The van der Waals surface area contributed by atoms with Crippen LogP contribution in [0.3, 0.4) is 0 Å². The van der Waals surface area contributed by atoms with Gasteiger partial charge in [0.25, 0.3) is 5.91 Å². The average molecular weight is 366 g/mol. The molecule has 0 aliphatic carbocycles. The Morgan fingerprint density at radius 3 is 2.60 bits per heavy atom. The molecule has 0 aliphatic rings. The molecule has 0 fully saturated rings. The second-order valence-corrected chi connectivity index (χ2v) is 5.80. The maximum Gasteiger partial charge on any atom is 0.413 e. The number of thiazole rings is 1. The quantitative estimate of drug-likeness (QED) is 0.816. The van der Waals surface area contributed by atoms with Crippen LogP contribution in [0.4, 0.5) is 9.18 Å². The normalized spacial score (nSPS) is 11.5. The van der Waals surface area contributed by atoms with Gasteiger partial charge in [0.1, 0.15) is 10.8 Å². The predicted octanol–water partition coefficient (Wildman–Crippen LogP) is 2.31. The molecule has 2 rings (SSSR count). The molecule has 0 saturated heterocycles. The molecule has 132 valence electrons. The molecular formula is C16H15FN2O5S. The number of alkyl carbamates (subject to hydrolysis) is 1. The van der Waals surface area contributed by atoms with Gasteiger partial charge in [-0.1, -0.05) is 0 Å². The minimum absolute atomic E-state index is 0.131. The lowest BCUT2D eigenvalue weighted by Gasteiger charge is -2.11. The van der Waals surface area contributed by atoms with Gasteiger partial charge < -0.3 is 9.47 Å². The van der Waals surface area contributed by atoms with Crippen molar-refractivity contribution in [2.24, 2.45) is 0 Å². The highest BCUT2D eigenvalue weighted by Gasteiger charge is 2.21. The van der Waals surface area contributed by atoms with Gasteiger partial charge in [0.15, 0.2) is 6.10 Å². The fourth-order valence-corrected chi connectivity index (χ4v) is 2.63. The number of imide groups is 1. The third-order valence-electron chi connectivity index (χ3n) is 3.06. The summed E-state index contributed by atoms with van der Waals surface area (Å²) in [5.74, 6) is -1.79. The molecule has 25 heavy (non-hydrogen) atoms. The lowest BCUT2D eigenvalue weighted by molar-refractivity contribution is -0.154. The molecular weight excluding hydrogens is 351 g/mol. The summed E-state index contributed by atoms with van der Waals surface area (Å²) in [4.78, 5) is 38.7. The number of rotatable bonds is 5. The number of carbonyl (C=O) groups is 3. The molecule has 1 heterocycles. The summed E-state index contributed by atoms with van der Waals surface area (Å²) in [6.45, 7) is 1.33. The van der Waals surface area contributed by atoms with E-state index in [1.165, 1.54) is 30.4 Å². The maximum atomic E-state index is 12.9. The van der Waals surface area contributed by atoms with Crippen LogP contribution < -0.4 is 5.32 Å². The van der Waals surface area contributed by atoms with Crippen molar-refractivity contribution in [1.82, 2.24) is 10.3 Å². The van der Waals surface area contributed by atoms with E-state index in [1.807, 2.05) is 5.32 Å². The number of aromatic nitrogens is 1. The number of hydrogen-bond donors (Lipinski definition) is 1. The van der Waals surface area contributed by atoms with Crippen molar-refractivity contribution in [3.63, 3.8) is 0 Å². The third-order valence-corrected chi connectivity index (χ3v) is 4.00. The largest absolute Gasteiger partial charge is 0.453 e. The van der Waals surface area contributed by atoms with Crippen LogP contribution >= 0.6 is 11.3 Å². The fourth-order valence-electron chi connectivity index (χ4n) is 1.81. The zero-order chi connectivity index (χ0) is 18.4. The minimum atomic E-state index is -1.15. The highest BCUT2D eigenvalue weighted by molar-refractivity contribution is 7.13. The fraction of sp³-hybridized carbons (Fsp3) is 0.250. The van der Waals surface area contributed by atoms with Crippen molar-refractivity contribution >= 4 is 29.3 Å². The topological polar surface area (TPSA) is 94.6 Å². The predicted molar refractivity (Wildman–Crippen MR) is 87.3 cm³/mol. The molecule has 9 heteroatoms. The van der Waals surface area contributed by atoms with Crippen LogP contribution in [0.2, 0.25) is 0 Å².